The van der Waals surface area contributed by atoms with Gasteiger partial charge in [0.2, 0.25) is 0 Å². The number of carboxylic acids is 1. The van der Waals surface area contributed by atoms with Crippen molar-refractivity contribution < 1.29 is 23.8 Å². The van der Waals surface area contributed by atoms with Gasteiger partial charge in [-0.05, 0) is 100 Å². The Morgan fingerprint density at radius 1 is 1.03 bits per heavy atom. The maximum Gasteiger partial charge on any atom is 0.307 e. The number of benzene rings is 3. The lowest BCUT2D eigenvalue weighted by Gasteiger charge is -2.25. The minimum absolute atomic E-state index is 0.00888. The molecule has 0 unspecified atom stereocenters. The monoisotopic (exact) mass is 498 g/mol. The summed E-state index contributed by atoms with van der Waals surface area (Å²) in [5.41, 5.74) is 6.97. The highest BCUT2D eigenvalue weighted by molar-refractivity contribution is 5.85. The van der Waals surface area contributed by atoms with Gasteiger partial charge in [-0.25, -0.2) is 4.39 Å². The molecule has 190 valence electrons. The summed E-state index contributed by atoms with van der Waals surface area (Å²) in [5, 5.41) is 9.44. The molecule has 5 heteroatoms. The fourth-order valence-electron chi connectivity index (χ4n) is 6.41. The van der Waals surface area contributed by atoms with E-state index >= 15 is 4.39 Å². The van der Waals surface area contributed by atoms with Gasteiger partial charge in [0.05, 0.1) is 13.0 Å². The van der Waals surface area contributed by atoms with Gasteiger partial charge in [-0.15, -0.1) is 0 Å². The van der Waals surface area contributed by atoms with Gasteiger partial charge in [0.15, 0.2) is 0 Å². The standard InChI is InChI=1S/C32H31FO4/c1-32(2)12-4-5-27(32)24-13-18(6-10-22(24)25-15-20(36-3)9-11-28(25)33)17-37-21-8-7-19-14-26-29(23(19)16-21)30(26)31(34)35/h5-11,13,15-16,26,29-30H,4,12,14,17H2,1-3H3,(H,34,35)/t26-,29+,30-/m1/s1. The quantitative estimate of drug-likeness (QED) is 0.373. The highest BCUT2D eigenvalue weighted by Crippen LogP contribution is 2.61. The van der Waals surface area contributed by atoms with E-state index in [1.807, 2.05) is 24.3 Å². The number of rotatable bonds is 7. The second-order valence-electron chi connectivity index (χ2n) is 11.2. The number of aliphatic carboxylic acids is 1. The van der Waals surface area contributed by atoms with Crippen molar-refractivity contribution in [3.05, 3.63) is 88.7 Å². The van der Waals surface area contributed by atoms with Gasteiger partial charge < -0.3 is 14.6 Å². The van der Waals surface area contributed by atoms with E-state index in [9.17, 15) is 9.90 Å². The van der Waals surface area contributed by atoms with Gasteiger partial charge in [0.1, 0.15) is 23.9 Å². The number of methoxy groups -OCH3 is 1. The molecular weight excluding hydrogens is 467 g/mol. The summed E-state index contributed by atoms with van der Waals surface area (Å²) in [6, 6.07) is 17.0. The molecular formula is C32H31FO4. The van der Waals surface area contributed by atoms with Gasteiger partial charge in [0.25, 0.3) is 0 Å². The van der Waals surface area contributed by atoms with Gasteiger partial charge in [-0.1, -0.05) is 38.1 Å². The smallest absolute Gasteiger partial charge is 0.307 e. The molecule has 1 saturated carbocycles. The summed E-state index contributed by atoms with van der Waals surface area (Å²) in [6.45, 7) is 4.85. The lowest BCUT2D eigenvalue weighted by molar-refractivity contribution is -0.139. The summed E-state index contributed by atoms with van der Waals surface area (Å²) in [7, 11) is 1.59. The van der Waals surface area contributed by atoms with Crippen LogP contribution in [-0.4, -0.2) is 18.2 Å². The number of hydrogen-bond acceptors (Lipinski definition) is 3. The van der Waals surface area contributed by atoms with Crippen molar-refractivity contribution >= 4 is 11.5 Å². The highest BCUT2D eigenvalue weighted by atomic mass is 19.1. The topological polar surface area (TPSA) is 55.8 Å². The molecule has 3 aromatic carbocycles. The highest BCUT2D eigenvalue weighted by Gasteiger charge is 2.59. The van der Waals surface area contributed by atoms with E-state index in [4.69, 9.17) is 9.47 Å². The van der Waals surface area contributed by atoms with Crippen LogP contribution in [0, 0.1) is 23.1 Å². The van der Waals surface area contributed by atoms with E-state index in [1.165, 1.54) is 17.2 Å². The molecule has 3 aromatic rings. The summed E-state index contributed by atoms with van der Waals surface area (Å²) in [4.78, 5) is 11.5. The predicted molar refractivity (Wildman–Crippen MR) is 141 cm³/mol. The normalized spacial score (nSPS) is 22.7. The Hall–Kier alpha value is -3.60. The average molecular weight is 499 g/mol. The van der Waals surface area contributed by atoms with Gasteiger partial charge in [-0.3, -0.25) is 4.79 Å². The molecule has 1 fully saturated rings. The third kappa shape index (κ3) is 4.11. The lowest BCUT2D eigenvalue weighted by atomic mass is 9.79. The first-order valence-electron chi connectivity index (χ1n) is 12.9. The summed E-state index contributed by atoms with van der Waals surface area (Å²) in [5.74, 6) is 0.497. The second kappa shape index (κ2) is 8.76. The van der Waals surface area contributed by atoms with Crippen molar-refractivity contribution in [2.24, 2.45) is 17.3 Å². The molecule has 37 heavy (non-hydrogen) atoms. The van der Waals surface area contributed by atoms with E-state index in [-0.39, 0.29) is 29.0 Å². The van der Waals surface area contributed by atoms with Crippen molar-refractivity contribution in [2.45, 2.75) is 45.6 Å². The van der Waals surface area contributed by atoms with Crippen molar-refractivity contribution in [3.63, 3.8) is 0 Å². The zero-order valence-corrected chi connectivity index (χ0v) is 21.4. The first-order valence-corrected chi connectivity index (χ1v) is 12.9. The fourth-order valence-corrected chi connectivity index (χ4v) is 6.41. The zero-order chi connectivity index (χ0) is 25.9. The molecule has 0 bridgehead atoms. The minimum Gasteiger partial charge on any atom is -0.497 e. The SMILES string of the molecule is COc1ccc(F)c(-c2ccc(COc3ccc4c(c3)[C@H]3[C@@H](C4)[C@H]3C(=O)O)cc2C2=CCCC2(C)C)c1. The summed E-state index contributed by atoms with van der Waals surface area (Å²) >= 11 is 0. The number of ether oxygens (including phenoxy) is 2. The maximum atomic E-state index is 15.0. The van der Waals surface area contributed by atoms with Crippen LogP contribution in [0.15, 0.2) is 60.7 Å². The molecule has 4 nitrogen and oxygen atoms in total. The molecule has 0 aliphatic heterocycles. The van der Waals surface area contributed by atoms with E-state index in [0.29, 0.717) is 17.9 Å². The molecule has 0 heterocycles. The van der Waals surface area contributed by atoms with Crippen LogP contribution in [0.3, 0.4) is 0 Å². The predicted octanol–water partition coefficient (Wildman–Crippen LogP) is 7.25. The number of carboxylic acid groups (broad SMARTS) is 1. The lowest BCUT2D eigenvalue weighted by Crippen LogP contribution is -2.10. The first kappa shape index (κ1) is 23.8. The van der Waals surface area contributed by atoms with E-state index in [0.717, 1.165) is 47.3 Å². The Labute approximate surface area is 216 Å². The van der Waals surface area contributed by atoms with Crippen molar-refractivity contribution in [2.75, 3.05) is 7.11 Å². The summed E-state index contributed by atoms with van der Waals surface area (Å²) in [6.07, 6.45) is 5.16. The van der Waals surface area contributed by atoms with Crippen LogP contribution >= 0.6 is 0 Å². The first-order chi connectivity index (χ1) is 17.8. The maximum absolute atomic E-state index is 15.0. The number of fused-ring (bicyclic) bond motifs is 3. The zero-order valence-electron chi connectivity index (χ0n) is 21.4. The third-order valence-electron chi connectivity index (χ3n) is 8.48. The Balaban J connectivity index is 1.30. The Morgan fingerprint density at radius 2 is 1.84 bits per heavy atom. The molecule has 3 aliphatic carbocycles. The van der Waals surface area contributed by atoms with Gasteiger partial charge in [-0.2, -0.15) is 0 Å². The van der Waals surface area contributed by atoms with Crippen LogP contribution in [-0.2, 0) is 17.8 Å². The minimum atomic E-state index is -0.698. The third-order valence-corrected chi connectivity index (χ3v) is 8.48. The van der Waals surface area contributed by atoms with Crippen molar-refractivity contribution in [1.29, 1.82) is 0 Å². The molecule has 6 rings (SSSR count). The Bertz CT molecular complexity index is 1440. The number of hydrogen-bond donors (Lipinski definition) is 1. The van der Waals surface area contributed by atoms with Crippen LogP contribution in [0.25, 0.3) is 16.7 Å². The summed E-state index contributed by atoms with van der Waals surface area (Å²) < 4.78 is 26.6. The largest absolute Gasteiger partial charge is 0.497 e. The van der Waals surface area contributed by atoms with Crippen LogP contribution in [0.4, 0.5) is 4.39 Å². The number of allylic oxidation sites excluding steroid dienone is 2. The molecule has 0 spiro atoms. The van der Waals surface area contributed by atoms with Crippen LogP contribution in [0.2, 0.25) is 0 Å². The van der Waals surface area contributed by atoms with Gasteiger partial charge in [0, 0.05) is 11.5 Å². The molecule has 1 N–H and O–H groups in total. The van der Waals surface area contributed by atoms with Crippen LogP contribution in [0.5, 0.6) is 11.5 Å². The van der Waals surface area contributed by atoms with Crippen molar-refractivity contribution in [1.82, 2.24) is 0 Å². The Kier molecular flexibility index (Phi) is 5.63. The number of halogens is 1. The Morgan fingerprint density at radius 3 is 2.57 bits per heavy atom. The second-order valence-corrected chi connectivity index (χ2v) is 11.2. The molecule has 3 aliphatic rings. The van der Waals surface area contributed by atoms with E-state index < -0.39 is 5.97 Å². The molecule has 0 radical (unpaired) electrons. The number of carbonyl (C=O) groups is 1. The molecule has 0 saturated heterocycles. The average Bonchev–Trinajstić information content (AvgIpc) is 3.31. The molecule has 0 aromatic heterocycles. The van der Waals surface area contributed by atoms with Crippen molar-refractivity contribution in [3.8, 4) is 22.6 Å². The molecule has 3 atom stereocenters. The van der Waals surface area contributed by atoms with E-state index in [1.54, 1.807) is 19.2 Å². The van der Waals surface area contributed by atoms with Crippen LogP contribution in [0.1, 0.15) is 54.9 Å². The molecule has 0 amide bonds. The van der Waals surface area contributed by atoms with Crippen LogP contribution < -0.4 is 9.47 Å². The fraction of sp³-hybridized carbons (Fsp3) is 0.344. The van der Waals surface area contributed by atoms with Gasteiger partial charge >= 0.3 is 5.97 Å². The van der Waals surface area contributed by atoms with E-state index in [2.05, 4.69) is 32.1 Å².